The van der Waals surface area contributed by atoms with Gasteiger partial charge in [-0.1, -0.05) is 13.8 Å². The molecule has 0 heterocycles. The van der Waals surface area contributed by atoms with Gasteiger partial charge >= 0.3 is 0 Å². The Morgan fingerprint density at radius 3 is 2.42 bits per heavy atom. The number of aliphatic hydroxyl groups excluding tert-OH is 1. The normalized spacial score (nSPS) is 16.2. The Morgan fingerprint density at radius 2 is 2.08 bits per heavy atom. The van der Waals surface area contributed by atoms with Crippen LogP contribution in [0.2, 0.25) is 0 Å². The van der Waals surface area contributed by atoms with Gasteiger partial charge in [0.15, 0.2) is 5.78 Å². The summed E-state index contributed by atoms with van der Waals surface area (Å²) in [7, 11) is 0. The van der Waals surface area contributed by atoms with E-state index in [9.17, 15) is 4.79 Å². The van der Waals surface area contributed by atoms with Crippen LogP contribution in [-0.4, -0.2) is 23.0 Å². The first-order valence-corrected chi connectivity index (χ1v) is 4.23. The number of carbonyl (C=O) groups excluding carboxylic acids is 1. The molecule has 0 aliphatic heterocycles. The number of nitrogens with two attached hydrogens (primary N) is 1. The number of carbonyl (C=O) groups is 1. The van der Waals surface area contributed by atoms with E-state index in [4.69, 9.17) is 10.8 Å². The van der Waals surface area contributed by atoms with Gasteiger partial charge in [-0.25, -0.2) is 0 Å². The van der Waals surface area contributed by atoms with Gasteiger partial charge in [-0.2, -0.15) is 0 Å². The van der Waals surface area contributed by atoms with E-state index in [0.29, 0.717) is 12.3 Å². The molecule has 0 amide bonds. The summed E-state index contributed by atoms with van der Waals surface area (Å²) in [5.41, 5.74) is 5.58. The molecule has 0 aromatic heterocycles. The molecule has 0 saturated heterocycles. The number of hydrogen-bond acceptors (Lipinski definition) is 3. The molecule has 0 aliphatic carbocycles. The Hall–Kier alpha value is -0.410. The molecule has 0 aromatic carbocycles. The molecule has 0 saturated carbocycles. The number of hydrogen-bond donors (Lipinski definition) is 2. The maximum atomic E-state index is 11.2. The third kappa shape index (κ3) is 5.27. The highest BCUT2D eigenvalue weighted by molar-refractivity contribution is 5.84. The maximum absolute atomic E-state index is 11.2. The van der Waals surface area contributed by atoms with Crippen LogP contribution < -0.4 is 5.73 Å². The lowest BCUT2D eigenvalue weighted by molar-refractivity contribution is -0.122. The van der Waals surface area contributed by atoms with E-state index in [1.807, 2.05) is 13.8 Å². The number of ketones is 1. The van der Waals surface area contributed by atoms with Gasteiger partial charge in [-0.15, -0.1) is 0 Å². The van der Waals surface area contributed by atoms with E-state index in [2.05, 4.69) is 6.92 Å². The van der Waals surface area contributed by atoms with Crippen LogP contribution in [0.15, 0.2) is 0 Å². The van der Waals surface area contributed by atoms with Crippen LogP contribution in [0.5, 0.6) is 0 Å². The first kappa shape index (κ1) is 11.6. The summed E-state index contributed by atoms with van der Waals surface area (Å²) >= 11 is 0. The molecule has 12 heavy (non-hydrogen) atoms. The first-order valence-electron chi connectivity index (χ1n) is 4.23. The van der Waals surface area contributed by atoms with Crippen molar-refractivity contribution in [2.24, 2.45) is 11.7 Å². The third-order valence-corrected chi connectivity index (χ3v) is 1.58. The van der Waals surface area contributed by atoms with Crippen molar-refractivity contribution in [1.82, 2.24) is 0 Å². The predicted molar refractivity (Wildman–Crippen MR) is 48.4 cm³/mol. The van der Waals surface area contributed by atoms with Gasteiger partial charge in [0.25, 0.3) is 0 Å². The molecule has 2 atom stereocenters. The number of rotatable bonds is 5. The fraction of sp³-hybridized carbons (Fsp3) is 0.778. The van der Waals surface area contributed by atoms with Crippen LogP contribution in [-0.2, 0) is 4.79 Å². The fourth-order valence-corrected chi connectivity index (χ4v) is 1.02. The van der Waals surface area contributed by atoms with Crippen molar-refractivity contribution in [3.63, 3.8) is 0 Å². The zero-order chi connectivity index (χ0) is 9.72. The summed E-state index contributed by atoms with van der Waals surface area (Å²) in [6, 6.07) is -0.443. The highest BCUT2D eigenvalue weighted by Crippen LogP contribution is 2.05. The van der Waals surface area contributed by atoms with Crippen molar-refractivity contribution in [2.45, 2.75) is 38.8 Å². The standard InChI is InChI=1S/C9H18NO2/c1-6(2)4-8(10)9(12)5-7(3)11/h6-8,11H,3-5,10H2,1-2H3/t7?,8-/m0/s1. The lowest BCUT2D eigenvalue weighted by Gasteiger charge is -2.13. The Morgan fingerprint density at radius 1 is 1.58 bits per heavy atom. The second kappa shape index (κ2) is 5.27. The average Bonchev–Trinajstić information content (AvgIpc) is 1.84. The molecular weight excluding hydrogens is 154 g/mol. The molecule has 71 valence electrons. The lowest BCUT2D eigenvalue weighted by atomic mass is 9.98. The zero-order valence-electron chi connectivity index (χ0n) is 7.79. The molecule has 0 fully saturated rings. The van der Waals surface area contributed by atoms with Crippen LogP contribution >= 0.6 is 0 Å². The highest BCUT2D eigenvalue weighted by Gasteiger charge is 2.16. The Bertz CT molecular complexity index is 143. The van der Waals surface area contributed by atoms with Gasteiger partial charge in [0.1, 0.15) is 0 Å². The van der Waals surface area contributed by atoms with E-state index in [1.165, 1.54) is 0 Å². The molecule has 3 N–H and O–H groups in total. The average molecular weight is 172 g/mol. The summed E-state index contributed by atoms with van der Waals surface area (Å²) in [6.45, 7) is 7.33. The van der Waals surface area contributed by atoms with Crippen LogP contribution in [0.3, 0.4) is 0 Å². The highest BCUT2D eigenvalue weighted by atomic mass is 16.3. The van der Waals surface area contributed by atoms with Crippen LogP contribution in [0.25, 0.3) is 0 Å². The molecule has 0 aliphatic rings. The second-order valence-electron chi connectivity index (χ2n) is 3.56. The summed E-state index contributed by atoms with van der Waals surface area (Å²) in [5.74, 6) is 0.303. The van der Waals surface area contributed by atoms with Crippen molar-refractivity contribution in [1.29, 1.82) is 0 Å². The topological polar surface area (TPSA) is 63.3 Å². The summed E-state index contributed by atoms with van der Waals surface area (Å²) in [4.78, 5) is 11.2. The minimum Gasteiger partial charge on any atom is -0.393 e. The van der Waals surface area contributed by atoms with Crippen molar-refractivity contribution in [3.05, 3.63) is 6.92 Å². The largest absolute Gasteiger partial charge is 0.393 e. The van der Waals surface area contributed by atoms with Crippen LogP contribution in [0.4, 0.5) is 0 Å². The Kier molecular flexibility index (Phi) is 5.09. The smallest absolute Gasteiger partial charge is 0.152 e. The summed E-state index contributed by atoms with van der Waals surface area (Å²) in [5, 5.41) is 8.82. The molecule has 0 spiro atoms. The summed E-state index contributed by atoms with van der Waals surface area (Å²) in [6.07, 6.45) is -0.0879. The lowest BCUT2D eigenvalue weighted by Crippen LogP contribution is -2.33. The quantitative estimate of drug-likeness (QED) is 0.635. The number of aliphatic hydroxyl groups is 1. The molecule has 3 nitrogen and oxygen atoms in total. The fourth-order valence-electron chi connectivity index (χ4n) is 1.02. The van der Waals surface area contributed by atoms with Gasteiger partial charge in [0, 0.05) is 6.42 Å². The molecular formula is C9H18NO2. The third-order valence-electron chi connectivity index (χ3n) is 1.58. The molecule has 1 unspecified atom stereocenters. The molecule has 1 radical (unpaired) electrons. The van der Waals surface area contributed by atoms with E-state index < -0.39 is 12.1 Å². The van der Waals surface area contributed by atoms with Gasteiger partial charge in [0.2, 0.25) is 0 Å². The Labute approximate surface area is 74.0 Å². The van der Waals surface area contributed by atoms with Gasteiger partial charge in [-0.05, 0) is 19.3 Å². The van der Waals surface area contributed by atoms with Gasteiger partial charge < -0.3 is 10.8 Å². The molecule has 0 rings (SSSR count). The van der Waals surface area contributed by atoms with Crippen LogP contribution in [0.1, 0.15) is 26.7 Å². The van der Waals surface area contributed by atoms with E-state index >= 15 is 0 Å². The minimum absolute atomic E-state index is 0.0634. The van der Waals surface area contributed by atoms with Crippen LogP contribution in [0, 0.1) is 12.8 Å². The van der Waals surface area contributed by atoms with Crippen molar-refractivity contribution in [3.8, 4) is 0 Å². The predicted octanol–water partition coefficient (Wildman–Crippen LogP) is 0.514. The maximum Gasteiger partial charge on any atom is 0.152 e. The molecule has 0 bridgehead atoms. The zero-order valence-corrected chi connectivity index (χ0v) is 7.79. The Balaban J connectivity index is 3.77. The molecule has 3 heteroatoms. The second-order valence-corrected chi connectivity index (χ2v) is 3.56. The summed E-state index contributed by atoms with van der Waals surface area (Å²) < 4.78 is 0. The molecule has 0 aromatic rings. The van der Waals surface area contributed by atoms with Crippen molar-refractivity contribution < 1.29 is 9.90 Å². The minimum atomic E-state index is -0.823. The monoisotopic (exact) mass is 172 g/mol. The SMILES string of the molecule is [CH2]C(O)CC(=O)[C@@H](N)CC(C)C. The van der Waals surface area contributed by atoms with Gasteiger partial charge in [0.05, 0.1) is 12.1 Å². The van der Waals surface area contributed by atoms with E-state index in [1.54, 1.807) is 0 Å². The number of Topliss-reactive ketones (excluding diaryl/α,β-unsaturated/α-hetero) is 1. The van der Waals surface area contributed by atoms with E-state index in [0.717, 1.165) is 0 Å². The van der Waals surface area contributed by atoms with Crippen molar-refractivity contribution in [2.75, 3.05) is 0 Å². The first-order chi connectivity index (χ1) is 5.43. The van der Waals surface area contributed by atoms with Gasteiger partial charge in [-0.3, -0.25) is 4.79 Å². The van der Waals surface area contributed by atoms with E-state index in [-0.39, 0.29) is 12.2 Å². The van der Waals surface area contributed by atoms with Crippen molar-refractivity contribution >= 4 is 5.78 Å².